The first-order valence-corrected chi connectivity index (χ1v) is 6.19. The summed E-state index contributed by atoms with van der Waals surface area (Å²) >= 11 is 0. The lowest BCUT2D eigenvalue weighted by Gasteiger charge is -2.19. The maximum absolute atomic E-state index is 10.2. The number of ether oxygens (including phenoxy) is 1. The molecule has 0 amide bonds. The molecule has 1 fully saturated rings. The molecule has 1 saturated carbocycles. The summed E-state index contributed by atoms with van der Waals surface area (Å²) in [6.45, 7) is 3.03. The van der Waals surface area contributed by atoms with Crippen molar-refractivity contribution in [2.24, 2.45) is 11.8 Å². The zero-order chi connectivity index (χ0) is 11.1. The van der Waals surface area contributed by atoms with Crippen molar-refractivity contribution in [3.63, 3.8) is 0 Å². The second-order valence-corrected chi connectivity index (χ2v) is 5.14. The highest BCUT2D eigenvalue weighted by atomic mass is 16.5. The fourth-order valence-corrected chi connectivity index (χ4v) is 2.60. The van der Waals surface area contributed by atoms with Gasteiger partial charge in [0, 0.05) is 0 Å². The lowest BCUT2D eigenvalue weighted by molar-refractivity contribution is 0.148. The van der Waals surface area contributed by atoms with E-state index in [0.29, 0.717) is 11.8 Å². The molecule has 1 aliphatic carbocycles. The molecule has 1 aromatic rings. The fourth-order valence-electron chi connectivity index (χ4n) is 2.60. The van der Waals surface area contributed by atoms with E-state index in [0.717, 1.165) is 37.2 Å². The summed E-state index contributed by atoms with van der Waals surface area (Å²) in [5.41, 5.74) is 2.33. The molecule has 1 N–H and O–H groups in total. The predicted octanol–water partition coefficient (Wildman–Crippen LogP) is 2.70. The first-order chi connectivity index (χ1) is 7.75. The highest BCUT2D eigenvalue weighted by molar-refractivity contribution is 5.39. The normalized spacial score (nSPS) is 29.1. The van der Waals surface area contributed by atoms with Gasteiger partial charge in [-0.25, -0.2) is 0 Å². The van der Waals surface area contributed by atoms with Gasteiger partial charge in [-0.05, 0) is 54.4 Å². The van der Waals surface area contributed by atoms with Gasteiger partial charge in [0.25, 0.3) is 0 Å². The number of hydrogen-bond donors (Lipinski definition) is 1. The minimum absolute atomic E-state index is 0.276. The highest BCUT2D eigenvalue weighted by Gasteiger charge is 2.39. The van der Waals surface area contributed by atoms with Crippen LogP contribution in [0.1, 0.15) is 37.0 Å². The quantitative estimate of drug-likeness (QED) is 0.827. The van der Waals surface area contributed by atoms with Crippen molar-refractivity contribution >= 4 is 0 Å². The topological polar surface area (TPSA) is 29.5 Å². The zero-order valence-corrected chi connectivity index (χ0v) is 9.65. The first kappa shape index (κ1) is 10.2. The van der Waals surface area contributed by atoms with Crippen molar-refractivity contribution < 1.29 is 9.84 Å². The number of benzene rings is 1. The van der Waals surface area contributed by atoms with Crippen LogP contribution in [0, 0.1) is 11.8 Å². The molecule has 2 aliphatic rings. The largest absolute Gasteiger partial charge is 0.493 e. The second-order valence-electron chi connectivity index (χ2n) is 5.14. The van der Waals surface area contributed by atoms with Crippen LogP contribution in [0.5, 0.6) is 5.75 Å². The van der Waals surface area contributed by atoms with Crippen LogP contribution in [0.4, 0.5) is 0 Å². The van der Waals surface area contributed by atoms with Crippen LogP contribution in [0.2, 0.25) is 0 Å². The molecule has 0 spiro atoms. The number of aliphatic hydroxyl groups is 1. The summed E-state index contributed by atoms with van der Waals surface area (Å²) in [4.78, 5) is 0. The summed E-state index contributed by atoms with van der Waals surface area (Å²) in [5, 5.41) is 10.2. The molecule has 3 atom stereocenters. The lowest BCUT2D eigenvalue weighted by atomic mass is 9.98. The van der Waals surface area contributed by atoms with Crippen molar-refractivity contribution in [3.05, 3.63) is 29.3 Å². The minimum atomic E-state index is -0.276. The Hall–Kier alpha value is -1.02. The van der Waals surface area contributed by atoms with Crippen LogP contribution in [0.3, 0.4) is 0 Å². The van der Waals surface area contributed by atoms with Crippen molar-refractivity contribution in [2.45, 2.75) is 32.3 Å². The molecule has 3 unspecified atom stereocenters. The molecule has 0 saturated heterocycles. The summed E-state index contributed by atoms with van der Waals surface area (Å²) in [7, 11) is 0. The smallest absolute Gasteiger partial charge is 0.122 e. The van der Waals surface area contributed by atoms with Gasteiger partial charge in [-0.2, -0.15) is 0 Å². The van der Waals surface area contributed by atoms with Gasteiger partial charge in [0.1, 0.15) is 5.75 Å². The predicted molar refractivity (Wildman–Crippen MR) is 62.5 cm³/mol. The Morgan fingerprint density at radius 3 is 3.00 bits per heavy atom. The Balaban J connectivity index is 1.85. The monoisotopic (exact) mass is 218 g/mol. The van der Waals surface area contributed by atoms with E-state index >= 15 is 0 Å². The third-order valence-corrected chi connectivity index (χ3v) is 3.85. The number of hydrogen-bond acceptors (Lipinski definition) is 2. The Labute approximate surface area is 96.2 Å². The standard InChI is InChI=1S/C14H18O2/c1-9-7-12(9)14(15)11-4-5-13-10(8-11)3-2-6-16-13/h4-5,8-9,12,14-15H,2-3,6-7H2,1H3. The van der Waals surface area contributed by atoms with Gasteiger partial charge >= 0.3 is 0 Å². The van der Waals surface area contributed by atoms with Gasteiger partial charge in [0.15, 0.2) is 0 Å². The Morgan fingerprint density at radius 1 is 1.44 bits per heavy atom. The van der Waals surface area contributed by atoms with E-state index in [-0.39, 0.29) is 6.10 Å². The van der Waals surface area contributed by atoms with Crippen LogP contribution in [-0.2, 0) is 6.42 Å². The molecular weight excluding hydrogens is 200 g/mol. The Kier molecular flexibility index (Phi) is 2.40. The minimum Gasteiger partial charge on any atom is -0.493 e. The van der Waals surface area contributed by atoms with Crippen LogP contribution in [0.25, 0.3) is 0 Å². The highest BCUT2D eigenvalue weighted by Crippen LogP contribution is 2.47. The molecule has 1 aliphatic heterocycles. The number of rotatable bonds is 2. The molecule has 16 heavy (non-hydrogen) atoms. The average molecular weight is 218 g/mol. The van der Waals surface area contributed by atoms with E-state index < -0.39 is 0 Å². The summed E-state index contributed by atoms with van der Waals surface area (Å²) in [6.07, 6.45) is 3.05. The first-order valence-electron chi connectivity index (χ1n) is 6.19. The molecule has 0 radical (unpaired) electrons. The molecule has 86 valence electrons. The SMILES string of the molecule is CC1CC1C(O)c1ccc2c(c1)CCCO2. The summed E-state index contributed by atoms with van der Waals surface area (Å²) in [5.74, 6) is 2.16. The van der Waals surface area contributed by atoms with Crippen molar-refractivity contribution in [1.29, 1.82) is 0 Å². The molecule has 2 nitrogen and oxygen atoms in total. The molecule has 2 heteroatoms. The molecule has 1 heterocycles. The third-order valence-electron chi connectivity index (χ3n) is 3.85. The van der Waals surface area contributed by atoms with Gasteiger partial charge in [-0.1, -0.05) is 13.0 Å². The van der Waals surface area contributed by atoms with Crippen molar-refractivity contribution in [2.75, 3.05) is 6.61 Å². The maximum atomic E-state index is 10.2. The van der Waals surface area contributed by atoms with Crippen LogP contribution < -0.4 is 4.74 Å². The maximum Gasteiger partial charge on any atom is 0.122 e. The Bertz CT molecular complexity index is 400. The van der Waals surface area contributed by atoms with Gasteiger partial charge in [0.2, 0.25) is 0 Å². The van der Waals surface area contributed by atoms with Gasteiger partial charge in [0.05, 0.1) is 12.7 Å². The summed E-state index contributed by atoms with van der Waals surface area (Å²) < 4.78 is 5.57. The number of aryl methyl sites for hydroxylation is 1. The zero-order valence-electron chi connectivity index (χ0n) is 9.65. The van der Waals surface area contributed by atoms with E-state index in [1.54, 1.807) is 0 Å². The molecular formula is C14H18O2. The van der Waals surface area contributed by atoms with E-state index in [9.17, 15) is 5.11 Å². The van der Waals surface area contributed by atoms with E-state index in [4.69, 9.17) is 4.74 Å². The third kappa shape index (κ3) is 1.71. The summed E-state index contributed by atoms with van der Waals surface area (Å²) in [6, 6.07) is 6.16. The van der Waals surface area contributed by atoms with Crippen molar-refractivity contribution in [1.82, 2.24) is 0 Å². The fraction of sp³-hybridized carbons (Fsp3) is 0.571. The van der Waals surface area contributed by atoms with Gasteiger partial charge in [-0.3, -0.25) is 0 Å². The Morgan fingerprint density at radius 2 is 2.25 bits per heavy atom. The molecule has 3 rings (SSSR count). The van der Waals surface area contributed by atoms with Crippen LogP contribution >= 0.6 is 0 Å². The lowest BCUT2D eigenvalue weighted by Crippen LogP contribution is -2.10. The van der Waals surface area contributed by atoms with E-state index in [1.807, 2.05) is 12.1 Å². The van der Waals surface area contributed by atoms with Crippen molar-refractivity contribution in [3.8, 4) is 5.75 Å². The molecule has 0 bridgehead atoms. The van der Waals surface area contributed by atoms with Crippen LogP contribution in [0.15, 0.2) is 18.2 Å². The van der Waals surface area contributed by atoms with E-state index in [1.165, 1.54) is 5.56 Å². The average Bonchev–Trinajstić information content (AvgIpc) is 3.05. The number of fused-ring (bicyclic) bond motifs is 1. The van der Waals surface area contributed by atoms with Crippen LogP contribution in [-0.4, -0.2) is 11.7 Å². The van der Waals surface area contributed by atoms with Gasteiger partial charge in [-0.15, -0.1) is 0 Å². The van der Waals surface area contributed by atoms with E-state index in [2.05, 4.69) is 13.0 Å². The second kappa shape index (κ2) is 3.77. The van der Waals surface area contributed by atoms with Gasteiger partial charge < -0.3 is 9.84 Å². The molecule has 0 aromatic heterocycles. The molecule has 1 aromatic carbocycles. The number of aliphatic hydroxyl groups excluding tert-OH is 1.